The molecule has 1 aromatic heterocycles. The fourth-order valence-electron chi connectivity index (χ4n) is 1.73. The van der Waals surface area contributed by atoms with Crippen LogP contribution < -0.4 is 10.6 Å². The molecule has 0 bridgehead atoms. The summed E-state index contributed by atoms with van der Waals surface area (Å²) in [5.74, 6) is -0.137. The second-order valence-corrected chi connectivity index (χ2v) is 6.04. The molecule has 0 spiro atoms. The van der Waals surface area contributed by atoms with E-state index in [1.807, 2.05) is 0 Å². The van der Waals surface area contributed by atoms with Gasteiger partial charge in [0.15, 0.2) is 0 Å². The van der Waals surface area contributed by atoms with Crippen LogP contribution in [-0.4, -0.2) is 25.0 Å². The van der Waals surface area contributed by atoms with Crippen molar-refractivity contribution in [3.63, 3.8) is 0 Å². The highest BCUT2D eigenvalue weighted by molar-refractivity contribution is 7.20. The van der Waals surface area contributed by atoms with Crippen LogP contribution in [-0.2, 0) is 0 Å². The highest BCUT2D eigenvalue weighted by atomic mass is 35.5. The Hall–Kier alpha value is -0.0000000000000000555. The molecule has 2 N–H and O–H groups in total. The second kappa shape index (κ2) is 6.81. The van der Waals surface area contributed by atoms with E-state index in [0.717, 1.165) is 25.9 Å². The Kier molecular flexibility index (Phi) is 6.03. The van der Waals surface area contributed by atoms with Crippen LogP contribution in [0.25, 0.3) is 0 Å². The van der Waals surface area contributed by atoms with Gasteiger partial charge in [-0.3, -0.25) is 4.79 Å². The summed E-state index contributed by atoms with van der Waals surface area (Å²) in [5, 5.41) is 6.19. The Labute approximate surface area is 120 Å². The monoisotopic (exact) mass is 314 g/mol. The van der Waals surface area contributed by atoms with Gasteiger partial charge in [-0.05, 0) is 25.5 Å². The topological polar surface area (TPSA) is 41.1 Å². The Morgan fingerprint density at radius 1 is 1.53 bits per heavy atom. The molecule has 1 atom stereocenters. The summed E-state index contributed by atoms with van der Waals surface area (Å²) in [6.07, 6.45) is 2.09. The molecule has 0 saturated carbocycles. The van der Waals surface area contributed by atoms with Gasteiger partial charge in [0.2, 0.25) is 0 Å². The van der Waals surface area contributed by atoms with E-state index in [2.05, 4.69) is 10.6 Å². The van der Waals surface area contributed by atoms with E-state index in [0.29, 0.717) is 14.2 Å². The summed E-state index contributed by atoms with van der Waals surface area (Å²) in [6, 6.07) is 1.80. The molecule has 1 unspecified atom stereocenters. The van der Waals surface area contributed by atoms with Crippen molar-refractivity contribution in [3.05, 3.63) is 20.3 Å². The van der Waals surface area contributed by atoms with E-state index < -0.39 is 0 Å². The third kappa shape index (κ3) is 4.00. The zero-order valence-corrected chi connectivity index (χ0v) is 12.1. The molecular formula is C10H13Cl3N2OS. The number of nitrogens with one attached hydrogen (secondary N) is 2. The van der Waals surface area contributed by atoms with Gasteiger partial charge in [0.1, 0.15) is 4.34 Å². The molecule has 2 heterocycles. The molecule has 1 aromatic rings. The van der Waals surface area contributed by atoms with Gasteiger partial charge < -0.3 is 10.6 Å². The number of thiophene rings is 1. The van der Waals surface area contributed by atoms with Gasteiger partial charge >= 0.3 is 0 Å². The molecule has 1 aliphatic rings. The molecule has 3 nitrogen and oxygen atoms in total. The van der Waals surface area contributed by atoms with Crippen molar-refractivity contribution in [2.24, 2.45) is 0 Å². The van der Waals surface area contributed by atoms with E-state index in [-0.39, 0.29) is 24.4 Å². The first-order valence-electron chi connectivity index (χ1n) is 5.13. The molecule has 17 heavy (non-hydrogen) atoms. The lowest BCUT2D eigenvalue weighted by Crippen LogP contribution is -2.45. The third-order valence-electron chi connectivity index (χ3n) is 2.53. The minimum absolute atomic E-state index is 0. The molecule has 1 saturated heterocycles. The van der Waals surface area contributed by atoms with Crippen molar-refractivity contribution >= 4 is 52.9 Å². The Balaban J connectivity index is 0.00000144. The van der Waals surface area contributed by atoms with E-state index in [4.69, 9.17) is 23.2 Å². The van der Waals surface area contributed by atoms with Crippen LogP contribution in [0.2, 0.25) is 8.67 Å². The Morgan fingerprint density at radius 3 is 2.82 bits per heavy atom. The van der Waals surface area contributed by atoms with Crippen LogP contribution in [0.1, 0.15) is 23.2 Å². The number of amides is 1. The molecule has 1 amide bonds. The third-order valence-corrected chi connectivity index (χ3v) is 4.02. The lowest BCUT2D eigenvalue weighted by atomic mass is 10.1. The molecular weight excluding hydrogens is 303 g/mol. The summed E-state index contributed by atoms with van der Waals surface area (Å²) in [5.41, 5.74) is 0.474. The number of piperidine rings is 1. The van der Waals surface area contributed by atoms with Crippen LogP contribution in [0.4, 0.5) is 0 Å². The van der Waals surface area contributed by atoms with Crippen molar-refractivity contribution in [2.45, 2.75) is 18.9 Å². The maximum absolute atomic E-state index is 11.9. The number of halogens is 3. The Morgan fingerprint density at radius 2 is 2.29 bits per heavy atom. The van der Waals surface area contributed by atoms with Crippen molar-refractivity contribution in [1.29, 1.82) is 0 Å². The molecule has 1 aliphatic heterocycles. The van der Waals surface area contributed by atoms with Crippen molar-refractivity contribution in [1.82, 2.24) is 10.6 Å². The average Bonchev–Trinajstić information content (AvgIpc) is 2.59. The van der Waals surface area contributed by atoms with Crippen LogP contribution in [0.3, 0.4) is 0 Å². The maximum Gasteiger partial charge on any atom is 0.253 e. The average molecular weight is 316 g/mol. The van der Waals surface area contributed by atoms with Gasteiger partial charge in [-0.2, -0.15) is 0 Å². The van der Waals surface area contributed by atoms with Crippen LogP contribution in [0.15, 0.2) is 6.07 Å². The molecule has 1 fully saturated rings. The van der Waals surface area contributed by atoms with Crippen molar-refractivity contribution < 1.29 is 4.79 Å². The molecule has 0 radical (unpaired) electrons. The van der Waals surface area contributed by atoms with Gasteiger partial charge in [-0.1, -0.05) is 23.2 Å². The van der Waals surface area contributed by atoms with E-state index in [9.17, 15) is 4.79 Å². The molecule has 2 rings (SSSR count). The largest absolute Gasteiger partial charge is 0.348 e. The lowest BCUT2D eigenvalue weighted by Gasteiger charge is -2.23. The first-order chi connectivity index (χ1) is 7.66. The van der Waals surface area contributed by atoms with Crippen LogP contribution in [0.5, 0.6) is 0 Å². The highest BCUT2D eigenvalue weighted by Gasteiger charge is 2.19. The molecule has 0 aliphatic carbocycles. The number of hydrogen-bond acceptors (Lipinski definition) is 3. The lowest BCUT2D eigenvalue weighted by molar-refractivity contribution is 0.0931. The van der Waals surface area contributed by atoms with Gasteiger partial charge in [0.25, 0.3) is 5.91 Å². The van der Waals surface area contributed by atoms with Crippen LogP contribution in [0, 0.1) is 0 Å². The summed E-state index contributed by atoms with van der Waals surface area (Å²) < 4.78 is 0.989. The second-order valence-electron chi connectivity index (χ2n) is 3.75. The van der Waals surface area contributed by atoms with E-state index >= 15 is 0 Å². The first-order valence-corrected chi connectivity index (χ1v) is 6.70. The number of rotatable bonds is 2. The summed E-state index contributed by atoms with van der Waals surface area (Å²) >= 11 is 12.9. The summed E-state index contributed by atoms with van der Waals surface area (Å²) in [7, 11) is 0. The van der Waals surface area contributed by atoms with Gasteiger partial charge in [0, 0.05) is 12.6 Å². The fourth-order valence-corrected chi connectivity index (χ4v) is 3.19. The summed E-state index contributed by atoms with van der Waals surface area (Å²) in [6.45, 7) is 1.85. The van der Waals surface area contributed by atoms with Gasteiger partial charge in [-0.25, -0.2) is 0 Å². The van der Waals surface area contributed by atoms with Gasteiger partial charge in [-0.15, -0.1) is 23.7 Å². The Bertz CT molecular complexity index is 391. The SMILES string of the molecule is Cl.O=C(NC1CCCNC1)c1cc(Cl)sc1Cl. The van der Waals surface area contributed by atoms with Crippen molar-refractivity contribution in [3.8, 4) is 0 Å². The highest BCUT2D eigenvalue weighted by Crippen LogP contribution is 2.31. The standard InChI is InChI=1S/C10H12Cl2N2OS.ClH/c11-8-4-7(9(12)16-8)10(15)14-6-2-1-3-13-5-6;/h4,6,13H,1-3,5H2,(H,14,15);1H. The van der Waals surface area contributed by atoms with E-state index in [1.165, 1.54) is 11.3 Å². The predicted octanol–water partition coefficient (Wildman–Crippen LogP) is 2.96. The molecule has 7 heteroatoms. The van der Waals surface area contributed by atoms with Crippen LogP contribution >= 0.6 is 46.9 Å². The number of carbonyl (C=O) groups excluding carboxylic acids is 1. The molecule has 0 aromatic carbocycles. The zero-order valence-electron chi connectivity index (χ0n) is 8.96. The number of carbonyl (C=O) groups is 1. The normalized spacial score (nSPS) is 19.5. The van der Waals surface area contributed by atoms with E-state index in [1.54, 1.807) is 6.07 Å². The smallest absolute Gasteiger partial charge is 0.253 e. The van der Waals surface area contributed by atoms with Gasteiger partial charge in [0.05, 0.1) is 9.90 Å². The minimum atomic E-state index is -0.137. The fraction of sp³-hybridized carbons (Fsp3) is 0.500. The quantitative estimate of drug-likeness (QED) is 0.881. The first kappa shape index (κ1) is 15.1. The zero-order chi connectivity index (χ0) is 11.5. The summed E-state index contributed by atoms with van der Waals surface area (Å²) in [4.78, 5) is 11.9. The minimum Gasteiger partial charge on any atom is -0.348 e. The maximum atomic E-state index is 11.9. The number of hydrogen-bond donors (Lipinski definition) is 2. The molecule has 96 valence electrons. The predicted molar refractivity (Wildman–Crippen MR) is 74.9 cm³/mol. The van der Waals surface area contributed by atoms with Crippen molar-refractivity contribution in [2.75, 3.05) is 13.1 Å².